The van der Waals surface area contributed by atoms with Gasteiger partial charge in [-0.2, -0.15) is 9.97 Å². The molecule has 2 fully saturated rings. The van der Waals surface area contributed by atoms with Gasteiger partial charge in [-0.15, -0.1) is 0 Å². The number of likely N-dealkylation sites (tertiary alicyclic amines) is 1. The molecule has 1 aliphatic carbocycles. The van der Waals surface area contributed by atoms with Gasteiger partial charge in [0.05, 0.1) is 17.4 Å². The van der Waals surface area contributed by atoms with Gasteiger partial charge in [0.1, 0.15) is 17.7 Å². The molecule has 1 aromatic heterocycles. The van der Waals surface area contributed by atoms with Crippen LogP contribution in [0.3, 0.4) is 0 Å². The fourth-order valence-corrected chi connectivity index (χ4v) is 3.03. The molecule has 6 nitrogen and oxygen atoms in total. The van der Waals surface area contributed by atoms with E-state index in [1.807, 2.05) is 0 Å². The second-order valence-electron chi connectivity index (χ2n) is 6.75. The zero-order chi connectivity index (χ0) is 17.6. The largest absolute Gasteiger partial charge is 0.483 e. The van der Waals surface area contributed by atoms with Crippen molar-refractivity contribution in [2.45, 2.75) is 37.4 Å². The van der Waals surface area contributed by atoms with Crippen molar-refractivity contribution in [3.63, 3.8) is 0 Å². The van der Waals surface area contributed by atoms with Crippen LogP contribution in [-0.2, 0) is 0 Å². The highest BCUT2D eigenvalue weighted by molar-refractivity contribution is 5.93. The van der Waals surface area contributed by atoms with E-state index in [4.69, 9.17) is 15.2 Å². The standard InChI is InChI=1S/C17H20F2N4O2/c1-23-8-7-13(17(18,19)9-23)25-12-4-2-3-11-14(12)15(20)22-16(21-11)24-10-5-6-10/h2-4,10,13H,5-9H2,1H3,(H2,20,21,22). The average molecular weight is 350 g/mol. The van der Waals surface area contributed by atoms with E-state index in [2.05, 4.69) is 9.97 Å². The van der Waals surface area contributed by atoms with Crippen LogP contribution < -0.4 is 15.2 Å². The van der Waals surface area contributed by atoms with Crippen molar-refractivity contribution in [1.29, 1.82) is 0 Å². The van der Waals surface area contributed by atoms with Gasteiger partial charge in [-0.25, -0.2) is 8.78 Å². The highest BCUT2D eigenvalue weighted by atomic mass is 19.3. The molecule has 2 aromatic rings. The molecule has 0 spiro atoms. The molecule has 8 heteroatoms. The molecule has 2 heterocycles. The van der Waals surface area contributed by atoms with Gasteiger partial charge in [0.2, 0.25) is 0 Å². The van der Waals surface area contributed by atoms with E-state index < -0.39 is 12.0 Å². The number of anilines is 1. The fourth-order valence-electron chi connectivity index (χ4n) is 3.03. The third-order valence-corrected chi connectivity index (χ3v) is 4.48. The van der Waals surface area contributed by atoms with Crippen molar-refractivity contribution < 1.29 is 18.3 Å². The molecule has 2 N–H and O–H groups in total. The smallest absolute Gasteiger partial charge is 0.319 e. The lowest BCUT2D eigenvalue weighted by molar-refractivity contribution is -0.134. The van der Waals surface area contributed by atoms with Crippen LogP contribution in [0.1, 0.15) is 19.3 Å². The lowest BCUT2D eigenvalue weighted by Crippen LogP contribution is -2.52. The summed E-state index contributed by atoms with van der Waals surface area (Å²) in [4.78, 5) is 10.1. The molecule has 25 heavy (non-hydrogen) atoms. The normalized spacial score (nSPS) is 23.6. The first-order chi connectivity index (χ1) is 11.9. The topological polar surface area (TPSA) is 73.5 Å². The Kier molecular flexibility index (Phi) is 3.87. The molecule has 1 atom stereocenters. The van der Waals surface area contributed by atoms with Crippen LogP contribution in [-0.4, -0.2) is 53.1 Å². The van der Waals surface area contributed by atoms with Crippen LogP contribution in [0.25, 0.3) is 10.9 Å². The Labute approximate surface area is 143 Å². The third-order valence-electron chi connectivity index (χ3n) is 4.48. The summed E-state index contributed by atoms with van der Waals surface area (Å²) in [5.74, 6) is -2.48. The molecular formula is C17H20F2N4O2. The Morgan fingerprint density at radius 2 is 2.00 bits per heavy atom. The number of hydrogen-bond acceptors (Lipinski definition) is 6. The van der Waals surface area contributed by atoms with E-state index in [0.717, 1.165) is 12.8 Å². The predicted octanol–water partition coefficient (Wildman–Crippen LogP) is 2.47. The number of aromatic nitrogens is 2. The van der Waals surface area contributed by atoms with Crippen LogP contribution in [0.2, 0.25) is 0 Å². The van der Waals surface area contributed by atoms with Crippen LogP contribution >= 0.6 is 0 Å². The number of halogens is 2. The number of nitrogens with two attached hydrogens (primary N) is 1. The third kappa shape index (κ3) is 3.30. The van der Waals surface area contributed by atoms with Gasteiger partial charge >= 0.3 is 6.01 Å². The summed E-state index contributed by atoms with van der Waals surface area (Å²) in [6.07, 6.45) is 1.15. The molecule has 1 aliphatic heterocycles. The highest BCUT2D eigenvalue weighted by Gasteiger charge is 2.45. The number of rotatable bonds is 4. The summed E-state index contributed by atoms with van der Waals surface area (Å²) in [5, 5.41) is 0.445. The minimum absolute atomic E-state index is 0.147. The molecule has 0 amide bonds. The van der Waals surface area contributed by atoms with Crippen molar-refractivity contribution in [1.82, 2.24) is 14.9 Å². The van der Waals surface area contributed by atoms with Gasteiger partial charge in [-0.3, -0.25) is 0 Å². The Morgan fingerprint density at radius 1 is 1.20 bits per heavy atom. The zero-order valence-corrected chi connectivity index (χ0v) is 13.9. The molecule has 4 rings (SSSR count). The van der Waals surface area contributed by atoms with Gasteiger partial charge in [0.25, 0.3) is 5.92 Å². The molecule has 134 valence electrons. The Morgan fingerprint density at radius 3 is 2.72 bits per heavy atom. The first kappa shape index (κ1) is 16.3. The number of alkyl halides is 2. The first-order valence-corrected chi connectivity index (χ1v) is 8.38. The fraction of sp³-hybridized carbons (Fsp3) is 0.529. The second kappa shape index (κ2) is 5.94. The number of fused-ring (bicyclic) bond motifs is 1. The Balaban J connectivity index is 1.65. The van der Waals surface area contributed by atoms with Gasteiger partial charge in [-0.1, -0.05) is 6.07 Å². The number of hydrogen-bond donors (Lipinski definition) is 1. The molecule has 1 saturated carbocycles. The Hall–Kier alpha value is -2.22. The van der Waals surface area contributed by atoms with Crippen LogP contribution in [0, 0.1) is 0 Å². The lowest BCUT2D eigenvalue weighted by atomic mass is 10.0. The van der Waals surface area contributed by atoms with Crippen molar-refractivity contribution in [3.8, 4) is 11.8 Å². The van der Waals surface area contributed by atoms with Crippen molar-refractivity contribution in [2.75, 3.05) is 25.9 Å². The van der Waals surface area contributed by atoms with E-state index >= 15 is 0 Å². The summed E-state index contributed by atoms with van der Waals surface area (Å²) in [5.41, 5.74) is 6.57. The minimum Gasteiger partial charge on any atom is -0.483 e. The second-order valence-corrected chi connectivity index (χ2v) is 6.75. The monoisotopic (exact) mass is 350 g/mol. The summed E-state index contributed by atoms with van der Waals surface area (Å²) < 4.78 is 39.8. The van der Waals surface area contributed by atoms with Gasteiger partial charge in [0.15, 0.2) is 6.10 Å². The SMILES string of the molecule is CN1CCC(Oc2cccc3nc(OC4CC4)nc(N)c23)C(F)(F)C1. The highest BCUT2D eigenvalue weighted by Crippen LogP contribution is 2.36. The maximum absolute atomic E-state index is 14.3. The van der Waals surface area contributed by atoms with Crippen molar-refractivity contribution in [2.24, 2.45) is 0 Å². The predicted molar refractivity (Wildman–Crippen MR) is 89.1 cm³/mol. The van der Waals surface area contributed by atoms with Crippen molar-refractivity contribution in [3.05, 3.63) is 18.2 Å². The molecule has 1 unspecified atom stereocenters. The van der Waals surface area contributed by atoms with E-state index in [1.54, 1.807) is 30.1 Å². The van der Waals surface area contributed by atoms with Crippen LogP contribution in [0.15, 0.2) is 18.2 Å². The van der Waals surface area contributed by atoms with Crippen LogP contribution in [0.5, 0.6) is 11.8 Å². The molecule has 1 aromatic carbocycles. The number of benzene rings is 1. The maximum Gasteiger partial charge on any atom is 0.319 e. The van der Waals surface area contributed by atoms with E-state index in [-0.39, 0.29) is 36.6 Å². The van der Waals surface area contributed by atoms with Gasteiger partial charge in [-0.05, 0) is 32.0 Å². The number of nitrogens with zero attached hydrogens (tertiary/aromatic N) is 3. The molecular weight excluding hydrogens is 330 g/mol. The van der Waals surface area contributed by atoms with E-state index in [1.165, 1.54) is 0 Å². The molecule has 0 bridgehead atoms. The summed E-state index contributed by atoms with van der Waals surface area (Å²) in [6.45, 7) is 0.226. The summed E-state index contributed by atoms with van der Waals surface area (Å²) in [7, 11) is 1.68. The maximum atomic E-state index is 14.3. The zero-order valence-electron chi connectivity index (χ0n) is 13.9. The van der Waals surface area contributed by atoms with Gasteiger partial charge in [0, 0.05) is 13.0 Å². The minimum atomic E-state index is -2.93. The molecule has 0 radical (unpaired) electrons. The Bertz CT molecular complexity index is 798. The first-order valence-electron chi connectivity index (χ1n) is 8.38. The number of ether oxygens (including phenoxy) is 2. The summed E-state index contributed by atoms with van der Waals surface area (Å²) >= 11 is 0. The van der Waals surface area contributed by atoms with Crippen LogP contribution in [0.4, 0.5) is 14.6 Å². The van der Waals surface area contributed by atoms with E-state index in [0.29, 0.717) is 17.4 Å². The molecule has 1 saturated heterocycles. The summed E-state index contributed by atoms with van der Waals surface area (Å²) in [6, 6.07) is 5.29. The number of piperidine rings is 1. The number of nitrogen functional groups attached to an aromatic ring is 1. The van der Waals surface area contributed by atoms with Gasteiger partial charge < -0.3 is 20.1 Å². The molecule has 2 aliphatic rings. The van der Waals surface area contributed by atoms with E-state index in [9.17, 15) is 8.78 Å². The lowest BCUT2D eigenvalue weighted by Gasteiger charge is -2.36. The van der Waals surface area contributed by atoms with Crippen molar-refractivity contribution >= 4 is 16.7 Å². The quantitative estimate of drug-likeness (QED) is 0.913. The average Bonchev–Trinajstić information content (AvgIpc) is 3.33.